The Morgan fingerprint density at radius 2 is 1.05 bits per heavy atom. The quantitative estimate of drug-likeness (QED) is 0.167. The number of benzene rings is 3. The van der Waals surface area contributed by atoms with Crippen LogP contribution in [-0.2, 0) is 0 Å². The molecule has 3 aromatic rings. The Kier molecular flexibility index (Phi) is 10.9. The average Bonchev–Trinajstić information content (AvgIpc) is 2.99. The van der Waals surface area contributed by atoms with E-state index < -0.39 is 0 Å². The van der Waals surface area contributed by atoms with E-state index in [0.717, 1.165) is 11.3 Å². The lowest BCUT2D eigenvalue weighted by atomic mass is 9.99. The number of rotatable bonds is 11. The minimum atomic E-state index is -0.316. The summed E-state index contributed by atoms with van der Waals surface area (Å²) in [6.45, 7) is 0. The summed E-state index contributed by atoms with van der Waals surface area (Å²) < 4.78 is 0. The molecule has 2 aliphatic carbocycles. The van der Waals surface area contributed by atoms with Crippen molar-refractivity contribution in [3.63, 3.8) is 0 Å². The maximum atomic E-state index is 2.42. The summed E-state index contributed by atoms with van der Waals surface area (Å²) in [5, 5.41) is 3.06. The van der Waals surface area contributed by atoms with E-state index in [1.807, 2.05) is 0 Å². The molecular formula is C34H44P2Si. The first-order chi connectivity index (χ1) is 18.4. The van der Waals surface area contributed by atoms with E-state index in [1.165, 1.54) is 76.9 Å². The Bertz CT molecular complexity index is 956. The molecule has 2 radical (unpaired) electrons. The van der Waals surface area contributed by atoms with E-state index in [9.17, 15) is 0 Å². The van der Waals surface area contributed by atoms with Gasteiger partial charge in [-0.2, -0.15) is 0 Å². The summed E-state index contributed by atoms with van der Waals surface area (Å²) in [6, 6.07) is 35.7. The predicted molar refractivity (Wildman–Crippen MR) is 169 cm³/mol. The summed E-state index contributed by atoms with van der Waals surface area (Å²) in [7, 11) is 1.08. The minimum Gasteiger partial charge on any atom is -0.117 e. The van der Waals surface area contributed by atoms with E-state index in [2.05, 4.69) is 91.0 Å². The zero-order valence-corrected chi connectivity index (χ0v) is 25.3. The van der Waals surface area contributed by atoms with Gasteiger partial charge in [-0.3, -0.25) is 0 Å². The molecule has 0 bridgehead atoms. The first-order valence-corrected chi connectivity index (χ1v) is 19.9. The van der Waals surface area contributed by atoms with Gasteiger partial charge in [0.1, 0.15) is 0 Å². The lowest BCUT2D eigenvalue weighted by molar-refractivity contribution is 0.488. The van der Waals surface area contributed by atoms with Crippen molar-refractivity contribution in [3.05, 3.63) is 96.6 Å². The van der Waals surface area contributed by atoms with Gasteiger partial charge in [0.2, 0.25) is 0 Å². The molecule has 3 aromatic carbocycles. The maximum Gasteiger partial charge on any atom is 0.0764 e. The van der Waals surface area contributed by atoms with Crippen LogP contribution >= 0.6 is 15.4 Å². The number of hydrogen-bond acceptors (Lipinski definition) is 0. The van der Waals surface area contributed by atoms with E-state index in [0.29, 0.717) is 5.92 Å². The number of hydrogen-bond donors (Lipinski definition) is 0. The molecule has 0 saturated heterocycles. The molecule has 0 spiro atoms. The topological polar surface area (TPSA) is 0 Å². The second-order valence-electron chi connectivity index (χ2n) is 11.1. The van der Waals surface area contributed by atoms with Gasteiger partial charge in [0, 0.05) is 0 Å². The van der Waals surface area contributed by atoms with Gasteiger partial charge in [-0.25, -0.2) is 0 Å². The van der Waals surface area contributed by atoms with Crippen LogP contribution in [0.25, 0.3) is 0 Å². The fourth-order valence-corrected chi connectivity index (χ4v) is 17.2. The highest BCUT2D eigenvalue weighted by molar-refractivity contribution is 7.87. The molecule has 5 rings (SSSR count). The highest BCUT2D eigenvalue weighted by Crippen LogP contribution is 2.56. The first-order valence-electron chi connectivity index (χ1n) is 14.8. The van der Waals surface area contributed by atoms with Crippen molar-refractivity contribution in [2.75, 3.05) is 6.16 Å². The Hall–Kier alpha value is -1.26. The van der Waals surface area contributed by atoms with Crippen LogP contribution in [0.4, 0.5) is 0 Å². The van der Waals surface area contributed by atoms with Gasteiger partial charge < -0.3 is 0 Å². The largest absolute Gasteiger partial charge is 0.117 e. The minimum absolute atomic E-state index is 0.199. The average molecular weight is 543 g/mol. The molecule has 1 unspecified atom stereocenters. The van der Waals surface area contributed by atoms with Crippen LogP contribution < -0.4 is 10.6 Å². The SMILES string of the molecule is c1ccc(C(CCP(c2ccccc2)c2ccccc2)C[Si]P(C2CCCCC2)C2CCCCC2)cc1. The highest BCUT2D eigenvalue weighted by Gasteiger charge is 2.32. The first kappa shape index (κ1) is 27.3. The van der Waals surface area contributed by atoms with Gasteiger partial charge in [0.25, 0.3) is 0 Å². The summed E-state index contributed by atoms with van der Waals surface area (Å²) in [5.74, 6) is 0.703. The molecule has 2 aliphatic rings. The normalized spacial score (nSPS) is 18.3. The summed E-state index contributed by atoms with van der Waals surface area (Å²) >= 11 is 0. The molecule has 0 nitrogen and oxygen atoms in total. The molecule has 194 valence electrons. The van der Waals surface area contributed by atoms with Crippen LogP contribution in [0.5, 0.6) is 0 Å². The highest BCUT2D eigenvalue weighted by atomic mass is 31.4. The van der Waals surface area contributed by atoms with Crippen LogP contribution in [0.1, 0.15) is 82.1 Å². The zero-order chi connectivity index (χ0) is 25.1. The van der Waals surface area contributed by atoms with Crippen LogP contribution in [0, 0.1) is 0 Å². The van der Waals surface area contributed by atoms with Crippen molar-refractivity contribution in [2.45, 2.75) is 93.9 Å². The van der Waals surface area contributed by atoms with E-state index in [4.69, 9.17) is 0 Å². The molecule has 0 amide bonds. The fourth-order valence-electron chi connectivity index (χ4n) is 6.51. The van der Waals surface area contributed by atoms with Gasteiger partial charge in [0.05, 0.1) is 9.19 Å². The standard InChI is InChI=1S/C34H44P2Si/c1-6-16-29(17-7-1)30(26-27-35(31-18-8-2-9-19-31)32-20-10-3-11-21-32)28-37-36(33-22-12-4-13-23-33)34-24-14-5-15-25-34/h1-3,6-11,16-21,30,33-34H,4-5,12-15,22-28H2. The molecule has 1 atom stereocenters. The Balaban J connectivity index is 1.33. The van der Waals surface area contributed by atoms with Gasteiger partial charge >= 0.3 is 0 Å². The van der Waals surface area contributed by atoms with Crippen molar-refractivity contribution in [3.8, 4) is 0 Å². The van der Waals surface area contributed by atoms with E-state index >= 15 is 0 Å². The van der Waals surface area contributed by atoms with Crippen LogP contribution in [-0.4, -0.2) is 26.7 Å². The van der Waals surface area contributed by atoms with Crippen LogP contribution in [0.3, 0.4) is 0 Å². The summed E-state index contributed by atoms with van der Waals surface area (Å²) in [5.41, 5.74) is 3.74. The monoisotopic (exact) mass is 542 g/mol. The summed E-state index contributed by atoms with van der Waals surface area (Å²) in [4.78, 5) is 0. The van der Waals surface area contributed by atoms with Gasteiger partial charge in [-0.05, 0) is 85.6 Å². The van der Waals surface area contributed by atoms with Crippen molar-refractivity contribution in [2.24, 2.45) is 0 Å². The second kappa shape index (κ2) is 14.8. The zero-order valence-electron chi connectivity index (χ0n) is 22.5. The molecule has 0 aromatic heterocycles. The van der Waals surface area contributed by atoms with E-state index in [1.54, 1.807) is 31.2 Å². The smallest absolute Gasteiger partial charge is 0.0764 e. The predicted octanol–water partition coefficient (Wildman–Crippen LogP) is 9.48. The Labute approximate surface area is 231 Å². The second-order valence-corrected chi connectivity index (χ2v) is 18.9. The molecule has 37 heavy (non-hydrogen) atoms. The Morgan fingerprint density at radius 3 is 1.54 bits per heavy atom. The van der Waals surface area contributed by atoms with Gasteiger partial charge in [-0.15, -0.1) is 7.47 Å². The molecular weight excluding hydrogens is 498 g/mol. The summed E-state index contributed by atoms with van der Waals surface area (Å²) in [6.07, 6.45) is 17.7. The Morgan fingerprint density at radius 1 is 0.595 bits per heavy atom. The van der Waals surface area contributed by atoms with Crippen LogP contribution in [0.15, 0.2) is 91.0 Å². The van der Waals surface area contributed by atoms with Gasteiger partial charge in [-0.1, -0.05) is 130 Å². The van der Waals surface area contributed by atoms with Crippen molar-refractivity contribution < 1.29 is 0 Å². The third kappa shape index (κ3) is 7.88. The molecule has 0 aliphatic heterocycles. The molecule has 2 fully saturated rings. The van der Waals surface area contributed by atoms with Crippen molar-refractivity contribution in [1.29, 1.82) is 0 Å². The lowest BCUT2D eigenvalue weighted by Gasteiger charge is -2.39. The third-order valence-electron chi connectivity index (χ3n) is 8.56. The fraction of sp³-hybridized carbons (Fsp3) is 0.471. The maximum absolute atomic E-state index is 2.42. The third-order valence-corrected chi connectivity index (χ3v) is 18.6. The molecule has 0 N–H and O–H groups in total. The molecule has 3 heteroatoms. The van der Waals surface area contributed by atoms with Crippen molar-refractivity contribution in [1.82, 2.24) is 0 Å². The lowest BCUT2D eigenvalue weighted by Crippen LogP contribution is -2.24. The molecule has 2 saturated carbocycles. The van der Waals surface area contributed by atoms with Crippen molar-refractivity contribution >= 4 is 35.2 Å². The van der Waals surface area contributed by atoms with Crippen LogP contribution in [0.2, 0.25) is 6.04 Å². The molecule has 0 heterocycles. The van der Waals surface area contributed by atoms with Gasteiger partial charge in [0.15, 0.2) is 0 Å². The van der Waals surface area contributed by atoms with E-state index in [-0.39, 0.29) is 15.4 Å².